The van der Waals surface area contributed by atoms with Crippen molar-refractivity contribution in [3.63, 3.8) is 0 Å². The van der Waals surface area contributed by atoms with Gasteiger partial charge in [0.2, 0.25) is 0 Å². The van der Waals surface area contributed by atoms with E-state index in [1.165, 1.54) is 23.4 Å². The molecule has 0 saturated heterocycles. The van der Waals surface area contributed by atoms with Gasteiger partial charge in [-0.1, -0.05) is 20.8 Å². The minimum absolute atomic E-state index is 0.0346. The van der Waals surface area contributed by atoms with Gasteiger partial charge in [0.15, 0.2) is 4.80 Å². The van der Waals surface area contributed by atoms with Crippen LogP contribution in [0.1, 0.15) is 49.7 Å². The lowest BCUT2D eigenvalue weighted by molar-refractivity contribution is -0.117. The van der Waals surface area contributed by atoms with Gasteiger partial charge in [-0.15, -0.1) is 11.3 Å². The van der Waals surface area contributed by atoms with Crippen molar-refractivity contribution in [1.82, 2.24) is 4.57 Å². The smallest absolute Gasteiger partial charge is 0.252 e. The third kappa shape index (κ3) is 4.66. The van der Waals surface area contributed by atoms with E-state index in [9.17, 15) is 4.79 Å². The largest absolute Gasteiger partial charge is 0.497 e. The van der Waals surface area contributed by atoms with Crippen LogP contribution in [-0.2, 0) is 23.2 Å². The summed E-state index contributed by atoms with van der Waals surface area (Å²) >= 11 is 1.64. The van der Waals surface area contributed by atoms with Crippen LogP contribution >= 0.6 is 11.3 Å². The second kappa shape index (κ2) is 8.11. The quantitative estimate of drug-likeness (QED) is 0.726. The molecule has 2 aromatic rings. The van der Waals surface area contributed by atoms with Crippen molar-refractivity contribution < 1.29 is 14.3 Å². The molecule has 1 amide bonds. The number of carbonyl (C=O) groups is 1. The fourth-order valence-electron chi connectivity index (χ4n) is 3.37. The molecule has 1 fully saturated rings. The molecule has 0 unspecified atom stereocenters. The number of hydrogen-bond donors (Lipinski definition) is 0. The van der Waals surface area contributed by atoms with E-state index in [0.717, 1.165) is 16.9 Å². The van der Waals surface area contributed by atoms with Gasteiger partial charge in [0, 0.05) is 22.7 Å². The molecule has 5 nitrogen and oxygen atoms in total. The lowest BCUT2D eigenvalue weighted by atomic mass is 9.93. The molecule has 0 bridgehead atoms. The fraction of sp³-hybridized carbons (Fsp3) is 0.545. The first-order valence-corrected chi connectivity index (χ1v) is 10.5. The second-order valence-electron chi connectivity index (χ2n) is 8.46. The maximum absolute atomic E-state index is 12.8. The highest BCUT2D eigenvalue weighted by Crippen LogP contribution is 2.33. The van der Waals surface area contributed by atoms with Gasteiger partial charge in [-0.3, -0.25) is 4.79 Å². The van der Waals surface area contributed by atoms with Gasteiger partial charge in [0.25, 0.3) is 5.91 Å². The zero-order valence-corrected chi connectivity index (χ0v) is 18.5. The summed E-state index contributed by atoms with van der Waals surface area (Å²) in [6, 6.07) is 5.48. The number of aromatic nitrogens is 1. The summed E-state index contributed by atoms with van der Waals surface area (Å²) in [5, 5.41) is 0. The summed E-state index contributed by atoms with van der Waals surface area (Å²) in [6.45, 7) is 9.72. The number of nitrogens with zero attached hydrogens (tertiary/aromatic N) is 2. The number of methoxy groups -OCH3 is 2. The van der Waals surface area contributed by atoms with Gasteiger partial charge < -0.3 is 14.0 Å². The number of amides is 1. The molecule has 1 aromatic heterocycles. The Morgan fingerprint density at radius 2 is 1.96 bits per heavy atom. The molecule has 1 aliphatic rings. The van der Waals surface area contributed by atoms with E-state index >= 15 is 0 Å². The molecule has 0 N–H and O–H groups in total. The van der Waals surface area contributed by atoms with E-state index in [1.807, 2.05) is 18.2 Å². The van der Waals surface area contributed by atoms with Crippen molar-refractivity contribution in [1.29, 1.82) is 0 Å². The van der Waals surface area contributed by atoms with Gasteiger partial charge in [-0.05, 0) is 49.3 Å². The van der Waals surface area contributed by atoms with Crippen LogP contribution in [0.3, 0.4) is 0 Å². The Hall–Kier alpha value is -2.08. The van der Waals surface area contributed by atoms with Crippen LogP contribution < -0.4 is 14.3 Å². The average molecular weight is 403 g/mol. The van der Waals surface area contributed by atoms with Gasteiger partial charge in [0.1, 0.15) is 11.5 Å². The second-order valence-corrected chi connectivity index (χ2v) is 9.44. The third-order valence-corrected chi connectivity index (χ3v) is 6.63. The van der Waals surface area contributed by atoms with Crippen molar-refractivity contribution in [3.05, 3.63) is 39.1 Å². The molecule has 0 spiro atoms. The maximum Gasteiger partial charge on any atom is 0.252 e. The van der Waals surface area contributed by atoms with E-state index < -0.39 is 0 Å². The number of carbonyl (C=O) groups excluding carboxylic acids is 1. The number of benzene rings is 1. The number of thiazole rings is 1. The van der Waals surface area contributed by atoms with Crippen molar-refractivity contribution >= 4 is 17.2 Å². The van der Waals surface area contributed by atoms with Crippen LogP contribution in [-0.4, -0.2) is 24.7 Å². The van der Waals surface area contributed by atoms with E-state index in [4.69, 9.17) is 9.47 Å². The lowest BCUT2D eigenvalue weighted by Crippen LogP contribution is -2.20. The van der Waals surface area contributed by atoms with Crippen molar-refractivity contribution in [3.8, 4) is 11.5 Å². The molecular weight excluding hydrogens is 372 g/mol. The fourth-order valence-corrected chi connectivity index (χ4v) is 4.58. The number of hydrogen-bond acceptors (Lipinski definition) is 4. The predicted octanol–water partition coefficient (Wildman–Crippen LogP) is 4.25. The lowest BCUT2D eigenvalue weighted by Gasteiger charge is -2.17. The Balaban J connectivity index is 1.95. The van der Waals surface area contributed by atoms with Gasteiger partial charge in [0.05, 0.1) is 20.6 Å². The van der Waals surface area contributed by atoms with Crippen molar-refractivity contribution in [2.45, 2.75) is 58.9 Å². The van der Waals surface area contributed by atoms with E-state index in [0.29, 0.717) is 17.4 Å². The highest BCUT2D eigenvalue weighted by Gasteiger charge is 2.27. The van der Waals surface area contributed by atoms with Crippen molar-refractivity contribution in [2.24, 2.45) is 10.9 Å². The first-order valence-electron chi connectivity index (χ1n) is 9.72. The SMILES string of the molecule is COc1ccc(OC)c(CC(=O)/N=c2\sc(C(C)(C)C)c(C)n2CC2CC2)c1. The molecule has 1 heterocycles. The molecule has 28 heavy (non-hydrogen) atoms. The van der Waals surface area contributed by atoms with Crippen LogP contribution in [0.5, 0.6) is 11.5 Å². The molecule has 0 atom stereocenters. The molecule has 1 aromatic carbocycles. The van der Waals surface area contributed by atoms with Crippen LogP contribution in [0.4, 0.5) is 0 Å². The third-order valence-electron chi connectivity index (χ3n) is 5.03. The summed E-state index contributed by atoms with van der Waals surface area (Å²) in [5.74, 6) is 1.92. The molecule has 152 valence electrons. The van der Waals surface area contributed by atoms with Gasteiger partial charge in [-0.2, -0.15) is 4.99 Å². The highest BCUT2D eigenvalue weighted by molar-refractivity contribution is 7.09. The minimum atomic E-state index is -0.169. The van der Waals surface area contributed by atoms with E-state index in [1.54, 1.807) is 25.6 Å². The molecule has 6 heteroatoms. The first-order chi connectivity index (χ1) is 13.2. The highest BCUT2D eigenvalue weighted by atomic mass is 32.1. The van der Waals surface area contributed by atoms with Crippen LogP contribution in [0.2, 0.25) is 0 Å². The Kier molecular flexibility index (Phi) is 5.98. The van der Waals surface area contributed by atoms with Crippen LogP contribution in [0, 0.1) is 12.8 Å². The zero-order chi connectivity index (χ0) is 20.5. The Labute approximate surface area is 171 Å². The summed E-state index contributed by atoms with van der Waals surface area (Å²) in [7, 11) is 3.22. The Morgan fingerprint density at radius 1 is 1.25 bits per heavy atom. The summed E-state index contributed by atoms with van der Waals surface area (Å²) < 4.78 is 12.9. The normalized spacial score (nSPS) is 15.0. The average Bonchev–Trinajstić information content (AvgIpc) is 3.40. The summed E-state index contributed by atoms with van der Waals surface area (Å²) in [6.07, 6.45) is 2.72. The minimum Gasteiger partial charge on any atom is -0.497 e. The topological polar surface area (TPSA) is 52.8 Å². The standard InChI is InChI=1S/C22H30N2O3S/c1-14-20(22(2,3)4)28-21(24(14)13-15-7-8-15)23-19(25)12-16-11-17(26-5)9-10-18(16)27-6/h9-11,15H,7-8,12-13H2,1-6H3/b23-21-. The Morgan fingerprint density at radius 3 is 2.54 bits per heavy atom. The zero-order valence-electron chi connectivity index (χ0n) is 17.7. The first kappa shape index (κ1) is 20.6. The molecule has 1 saturated carbocycles. The monoisotopic (exact) mass is 402 g/mol. The van der Waals surface area contributed by atoms with Crippen molar-refractivity contribution in [2.75, 3.05) is 14.2 Å². The molecule has 3 rings (SSSR count). The molecule has 0 aliphatic heterocycles. The van der Waals surface area contributed by atoms with E-state index in [-0.39, 0.29) is 17.7 Å². The van der Waals surface area contributed by atoms with Crippen LogP contribution in [0.15, 0.2) is 23.2 Å². The Bertz CT molecular complexity index is 930. The van der Waals surface area contributed by atoms with E-state index in [2.05, 4.69) is 37.3 Å². The van der Waals surface area contributed by atoms with Gasteiger partial charge >= 0.3 is 0 Å². The van der Waals surface area contributed by atoms with Gasteiger partial charge in [-0.25, -0.2) is 0 Å². The van der Waals surface area contributed by atoms with Crippen LogP contribution in [0.25, 0.3) is 0 Å². The molecule has 0 radical (unpaired) electrons. The maximum atomic E-state index is 12.8. The summed E-state index contributed by atoms with van der Waals surface area (Å²) in [4.78, 5) is 19.4. The molecular formula is C22H30N2O3S. The number of rotatable bonds is 6. The number of ether oxygens (including phenoxy) is 2. The predicted molar refractivity (Wildman–Crippen MR) is 112 cm³/mol. The molecule has 1 aliphatic carbocycles. The summed E-state index contributed by atoms with van der Waals surface area (Å²) in [5.41, 5.74) is 2.05.